The van der Waals surface area contributed by atoms with Crippen LogP contribution in [0.15, 0.2) is 36.5 Å². The first kappa shape index (κ1) is 37.0. The minimum absolute atomic E-state index is 0.0789. The molecule has 1 atom stereocenters. The number of benzene rings is 1. The van der Waals surface area contributed by atoms with Crippen LogP contribution in [0.4, 0.5) is 0 Å². The van der Waals surface area contributed by atoms with Gasteiger partial charge in [-0.05, 0) is 5.56 Å². The number of aromatic nitrogens is 3. The fourth-order valence-electron chi connectivity index (χ4n) is 3.63. The highest BCUT2D eigenvalue weighted by atomic mass is 16.5. The van der Waals surface area contributed by atoms with Crippen molar-refractivity contribution in [2.45, 2.75) is 66.0 Å². The molecule has 14 nitrogen and oxygen atoms in total. The second kappa shape index (κ2) is 18.0. The van der Waals surface area contributed by atoms with Gasteiger partial charge >= 0.3 is 0 Å². The smallest absolute Gasteiger partial charge is 0.246 e. The molecule has 4 N–H and O–H groups in total. The molecule has 248 valence electrons. The molecule has 14 heteroatoms. The van der Waals surface area contributed by atoms with Crippen molar-refractivity contribution in [3.05, 3.63) is 47.8 Å². The zero-order chi connectivity index (χ0) is 33.5. The van der Waals surface area contributed by atoms with Crippen molar-refractivity contribution in [2.75, 3.05) is 46.1 Å². The largest absolute Gasteiger partial charge is 0.377 e. The van der Waals surface area contributed by atoms with Gasteiger partial charge in [0.25, 0.3) is 0 Å². The molecule has 1 heterocycles. The molecule has 0 spiro atoms. The molecule has 0 aliphatic rings. The van der Waals surface area contributed by atoms with Crippen molar-refractivity contribution in [3.63, 3.8) is 0 Å². The van der Waals surface area contributed by atoms with Crippen LogP contribution in [0.25, 0.3) is 0 Å². The maximum absolute atomic E-state index is 12.8. The molecule has 0 saturated heterocycles. The van der Waals surface area contributed by atoms with Crippen LogP contribution in [-0.4, -0.2) is 96.5 Å². The van der Waals surface area contributed by atoms with Gasteiger partial charge in [-0.2, -0.15) is 0 Å². The van der Waals surface area contributed by atoms with E-state index in [1.165, 1.54) is 0 Å². The molecule has 0 bridgehead atoms. The lowest BCUT2D eigenvalue weighted by atomic mass is 9.91. The fourth-order valence-corrected chi connectivity index (χ4v) is 3.63. The molecule has 1 aromatic carbocycles. The van der Waals surface area contributed by atoms with Gasteiger partial charge in [-0.15, -0.1) is 5.10 Å². The SMILES string of the molecule is CC(C)(C)C(=O)CNC(=O)[C@H](Cc1ccccc1)NC(=O)CNC(=O)CNC(=O)COCCOCCn1cc(C(C)(C)C)nn1. The Kier molecular flexibility index (Phi) is 14.8. The van der Waals surface area contributed by atoms with Crippen LogP contribution in [0.2, 0.25) is 0 Å². The highest BCUT2D eigenvalue weighted by Gasteiger charge is 2.25. The molecule has 0 fully saturated rings. The predicted molar refractivity (Wildman–Crippen MR) is 166 cm³/mol. The molecule has 0 unspecified atom stereocenters. The van der Waals surface area contributed by atoms with Crippen LogP contribution < -0.4 is 21.3 Å². The first-order valence-corrected chi connectivity index (χ1v) is 14.9. The summed E-state index contributed by atoms with van der Waals surface area (Å²) in [5.74, 6) is -2.36. The minimum Gasteiger partial charge on any atom is -0.377 e. The standard InChI is InChI=1S/C31H47N7O7/c1-30(2,3)24-20-38(37-36-24)12-13-44-14-15-45-21-28(42)33-18-26(40)32-19-27(41)35-23(16-22-10-8-7-9-11-22)29(43)34-17-25(39)31(4,5)6/h7-11,20,23H,12-19,21H2,1-6H3,(H,32,40)(H,33,42)(H,34,43)(H,35,41)/t23-/m0/s1. The molecular formula is C31H47N7O7. The van der Waals surface area contributed by atoms with E-state index in [4.69, 9.17) is 9.47 Å². The third-order valence-electron chi connectivity index (χ3n) is 6.46. The van der Waals surface area contributed by atoms with Crippen LogP contribution in [0, 0.1) is 5.41 Å². The molecule has 2 rings (SSSR count). The van der Waals surface area contributed by atoms with Gasteiger partial charge in [0.15, 0.2) is 5.78 Å². The van der Waals surface area contributed by atoms with Crippen LogP contribution in [-0.2, 0) is 51.8 Å². The highest BCUT2D eigenvalue weighted by molar-refractivity contribution is 5.94. The first-order chi connectivity index (χ1) is 21.1. The molecule has 0 radical (unpaired) electrons. The Balaban J connectivity index is 1.64. The summed E-state index contributed by atoms with van der Waals surface area (Å²) in [6.45, 7) is 11.7. The summed E-state index contributed by atoms with van der Waals surface area (Å²) in [7, 11) is 0. The summed E-state index contributed by atoms with van der Waals surface area (Å²) in [6, 6.07) is 8.13. The Hall–Kier alpha value is -4.17. The van der Waals surface area contributed by atoms with Gasteiger partial charge in [-0.25, -0.2) is 4.68 Å². The van der Waals surface area contributed by atoms with E-state index in [-0.39, 0.29) is 50.5 Å². The van der Waals surface area contributed by atoms with Gasteiger partial charge in [0.05, 0.1) is 51.7 Å². The zero-order valence-corrected chi connectivity index (χ0v) is 27.1. The molecular weight excluding hydrogens is 582 g/mol. The Morgan fingerprint density at radius 1 is 0.800 bits per heavy atom. The van der Waals surface area contributed by atoms with Crippen LogP contribution in [0.1, 0.15) is 52.8 Å². The van der Waals surface area contributed by atoms with Crippen molar-refractivity contribution >= 4 is 29.4 Å². The fraction of sp³-hybridized carbons (Fsp3) is 0.581. The van der Waals surface area contributed by atoms with Gasteiger partial charge in [0.1, 0.15) is 12.6 Å². The number of ketones is 1. The Bertz CT molecular complexity index is 1270. The van der Waals surface area contributed by atoms with Gasteiger partial charge in [-0.3, -0.25) is 24.0 Å². The van der Waals surface area contributed by atoms with Crippen LogP contribution >= 0.6 is 0 Å². The maximum Gasteiger partial charge on any atom is 0.246 e. The highest BCUT2D eigenvalue weighted by Crippen LogP contribution is 2.18. The molecule has 2 aromatic rings. The molecule has 4 amide bonds. The van der Waals surface area contributed by atoms with Crippen molar-refractivity contribution in [1.82, 2.24) is 36.3 Å². The summed E-state index contributed by atoms with van der Waals surface area (Å²) in [4.78, 5) is 61.8. The van der Waals surface area contributed by atoms with Gasteiger partial charge in [0.2, 0.25) is 23.6 Å². The number of carbonyl (C=O) groups excluding carboxylic acids is 5. The summed E-state index contributed by atoms with van der Waals surface area (Å²) < 4.78 is 12.5. The number of ether oxygens (including phenoxy) is 2. The van der Waals surface area contributed by atoms with E-state index in [1.54, 1.807) is 25.5 Å². The lowest BCUT2D eigenvalue weighted by molar-refractivity contribution is -0.132. The summed E-state index contributed by atoms with van der Waals surface area (Å²) in [6.07, 6.45) is 2.07. The van der Waals surface area contributed by atoms with Gasteiger partial charge in [-0.1, -0.05) is 77.1 Å². The van der Waals surface area contributed by atoms with E-state index in [0.29, 0.717) is 13.2 Å². The second-order valence-corrected chi connectivity index (χ2v) is 12.5. The number of hydrogen-bond donors (Lipinski definition) is 4. The summed E-state index contributed by atoms with van der Waals surface area (Å²) in [5, 5.41) is 18.2. The second-order valence-electron chi connectivity index (χ2n) is 12.5. The Morgan fingerprint density at radius 3 is 2.09 bits per heavy atom. The minimum atomic E-state index is -0.964. The van der Waals surface area contributed by atoms with Crippen molar-refractivity contribution in [1.29, 1.82) is 0 Å². The number of rotatable bonds is 18. The lowest BCUT2D eigenvalue weighted by Gasteiger charge is -2.21. The number of Topliss-reactive ketones (excluding diaryl/α,β-unsaturated/α-hetero) is 1. The molecule has 0 aliphatic carbocycles. The third-order valence-corrected chi connectivity index (χ3v) is 6.46. The summed E-state index contributed by atoms with van der Waals surface area (Å²) >= 11 is 0. The van der Waals surface area contributed by atoms with E-state index in [9.17, 15) is 24.0 Å². The topological polar surface area (TPSA) is 183 Å². The maximum atomic E-state index is 12.8. The van der Waals surface area contributed by atoms with E-state index >= 15 is 0 Å². The average molecular weight is 630 g/mol. The predicted octanol–water partition coefficient (Wildman–Crippen LogP) is 0.300. The molecule has 0 saturated carbocycles. The lowest BCUT2D eigenvalue weighted by Crippen LogP contribution is -2.52. The monoisotopic (exact) mass is 629 g/mol. The molecule has 1 aromatic heterocycles. The zero-order valence-electron chi connectivity index (χ0n) is 27.1. The normalized spacial score (nSPS) is 12.2. The average Bonchev–Trinajstić information content (AvgIpc) is 3.46. The van der Waals surface area contributed by atoms with Gasteiger partial charge < -0.3 is 30.7 Å². The van der Waals surface area contributed by atoms with Crippen molar-refractivity contribution in [3.8, 4) is 0 Å². The van der Waals surface area contributed by atoms with Crippen molar-refractivity contribution in [2.24, 2.45) is 5.41 Å². The quantitative estimate of drug-likeness (QED) is 0.169. The Morgan fingerprint density at radius 2 is 1.44 bits per heavy atom. The molecule has 0 aliphatic heterocycles. The third kappa shape index (κ3) is 14.9. The van der Waals surface area contributed by atoms with Crippen LogP contribution in [0.3, 0.4) is 0 Å². The summed E-state index contributed by atoms with van der Waals surface area (Å²) in [5.41, 5.74) is 1.00. The first-order valence-electron chi connectivity index (χ1n) is 14.9. The Labute approximate surface area is 264 Å². The van der Waals surface area contributed by atoms with Crippen molar-refractivity contribution < 1.29 is 33.4 Å². The number of nitrogens with zero attached hydrogens (tertiary/aromatic N) is 3. The van der Waals surface area contributed by atoms with E-state index in [0.717, 1.165) is 11.3 Å². The number of hydrogen-bond acceptors (Lipinski definition) is 9. The number of amides is 4. The number of carbonyl (C=O) groups is 5. The van der Waals surface area contributed by atoms with Gasteiger partial charge in [0, 0.05) is 23.4 Å². The van der Waals surface area contributed by atoms with E-state index in [1.807, 2.05) is 36.5 Å². The number of nitrogens with one attached hydrogen (secondary N) is 4. The van der Waals surface area contributed by atoms with E-state index < -0.39 is 41.6 Å². The van der Waals surface area contributed by atoms with Crippen LogP contribution in [0.5, 0.6) is 0 Å². The van der Waals surface area contributed by atoms with E-state index in [2.05, 4.69) is 52.4 Å². The molecule has 45 heavy (non-hydrogen) atoms.